The van der Waals surface area contributed by atoms with E-state index in [1.807, 2.05) is 18.9 Å². The van der Waals surface area contributed by atoms with E-state index < -0.39 is 0 Å². The molecule has 3 nitrogen and oxygen atoms in total. The minimum atomic E-state index is -0.0133. The molecule has 88 valence electrons. The number of hydrogen-bond acceptors (Lipinski definition) is 3. The number of aliphatic hydroxyl groups excluding tert-OH is 1. The number of carbonyl (C=O) groups excluding carboxylic acids is 1. The van der Waals surface area contributed by atoms with E-state index in [-0.39, 0.29) is 18.4 Å². The minimum Gasteiger partial charge on any atom is -0.394 e. The smallest absolute Gasteiger partial charge is 0.159 e. The molecule has 0 aromatic heterocycles. The maximum Gasteiger partial charge on any atom is 0.159 e. The summed E-state index contributed by atoms with van der Waals surface area (Å²) in [6.45, 7) is 3.46. The Morgan fingerprint density at radius 1 is 1.56 bits per heavy atom. The minimum absolute atomic E-state index is 0.00805. The number of anilines is 1. The predicted octanol–water partition coefficient (Wildman–Crippen LogP) is 2.36. The highest BCUT2D eigenvalue weighted by molar-refractivity contribution is 6.33. The SMILES string of the molecule is CC(=O)c1ccc(N(C)C(C)CO)c(Cl)c1. The van der Waals surface area contributed by atoms with Crippen molar-refractivity contribution in [1.29, 1.82) is 0 Å². The summed E-state index contributed by atoms with van der Waals surface area (Å²) in [6, 6.07) is 5.18. The fourth-order valence-electron chi connectivity index (χ4n) is 1.37. The Bertz CT molecular complexity index is 393. The van der Waals surface area contributed by atoms with E-state index in [9.17, 15) is 4.79 Å². The zero-order valence-electron chi connectivity index (χ0n) is 9.70. The van der Waals surface area contributed by atoms with Gasteiger partial charge >= 0.3 is 0 Å². The summed E-state index contributed by atoms with van der Waals surface area (Å²) < 4.78 is 0. The van der Waals surface area contributed by atoms with Gasteiger partial charge in [-0.25, -0.2) is 0 Å². The fourth-order valence-corrected chi connectivity index (χ4v) is 1.69. The van der Waals surface area contributed by atoms with Crippen LogP contribution < -0.4 is 4.90 Å². The van der Waals surface area contributed by atoms with Crippen molar-refractivity contribution in [1.82, 2.24) is 0 Å². The van der Waals surface area contributed by atoms with Gasteiger partial charge in [0, 0.05) is 18.7 Å². The lowest BCUT2D eigenvalue weighted by atomic mass is 10.1. The molecule has 0 radical (unpaired) electrons. The zero-order valence-corrected chi connectivity index (χ0v) is 10.5. The topological polar surface area (TPSA) is 40.5 Å². The maximum atomic E-state index is 11.2. The van der Waals surface area contributed by atoms with Gasteiger partial charge in [-0.05, 0) is 32.0 Å². The molecule has 16 heavy (non-hydrogen) atoms. The first-order valence-corrected chi connectivity index (χ1v) is 5.49. The van der Waals surface area contributed by atoms with Crippen molar-refractivity contribution < 1.29 is 9.90 Å². The highest BCUT2D eigenvalue weighted by Crippen LogP contribution is 2.27. The first kappa shape index (κ1) is 13.0. The summed E-state index contributed by atoms with van der Waals surface area (Å²) in [5, 5.41) is 9.58. The van der Waals surface area contributed by atoms with Gasteiger partial charge in [0.25, 0.3) is 0 Å². The summed E-state index contributed by atoms with van der Waals surface area (Å²) >= 11 is 6.09. The molecule has 1 atom stereocenters. The molecule has 0 amide bonds. The lowest BCUT2D eigenvalue weighted by molar-refractivity contribution is 0.101. The molecule has 0 saturated carbocycles. The molecule has 1 aromatic carbocycles. The maximum absolute atomic E-state index is 11.2. The monoisotopic (exact) mass is 241 g/mol. The van der Waals surface area contributed by atoms with Gasteiger partial charge in [-0.15, -0.1) is 0 Å². The van der Waals surface area contributed by atoms with Gasteiger partial charge in [0.1, 0.15) is 0 Å². The molecule has 0 aliphatic heterocycles. The Morgan fingerprint density at radius 2 is 2.19 bits per heavy atom. The Balaban J connectivity index is 3.03. The van der Waals surface area contributed by atoms with Crippen LogP contribution >= 0.6 is 11.6 Å². The zero-order chi connectivity index (χ0) is 12.3. The van der Waals surface area contributed by atoms with E-state index in [1.165, 1.54) is 6.92 Å². The molecule has 0 aliphatic rings. The normalized spacial score (nSPS) is 12.3. The van der Waals surface area contributed by atoms with Crippen LogP contribution in [0.5, 0.6) is 0 Å². The van der Waals surface area contributed by atoms with E-state index in [4.69, 9.17) is 16.7 Å². The molecule has 0 heterocycles. The van der Waals surface area contributed by atoms with Crippen LogP contribution in [0, 0.1) is 0 Å². The van der Waals surface area contributed by atoms with Gasteiger partial charge in [-0.3, -0.25) is 4.79 Å². The quantitative estimate of drug-likeness (QED) is 0.823. The number of halogens is 1. The van der Waals surface area contributed by atoms with E-state index >= 15 is 0 Å². The number of Topliss-reactive ketones (excluding diaryl/α,β-unsaturated/α-hetero) is 1. The van der Waals surface area contributed by atoms with Crippen molar-refractivity contribution in [3.63, 3.8) is 0 Å². The van der Waals surface area contributed by atoms with Crippen LogP contribution in [-0.4, -0.2) is 30.6 Å². The third kappa shape index (κ3) is 2.74. The van der Waals surface area contributed by atoms with E-state index in [0.717, 1.165) is 5.69 Å². The van der Waals surface area contributed by atoms with Crippen LogP contribution in [0.2, 0.25) is 5.02 Å². The molecular formula is C12H16ClNO2. The number of hydrogen-bond donors (Lipinski definition) is 1. The van der Waals surface area contributed by atoms with Crippen molar-refractivity contribution in [3.8, 4) is 0 Å². The van der Waals surface area contributed by atoms with Gasteiger partial charge < -0.3 is 10.0 Å². The standard InChI is InChI=1S/C12H16ClNO2/c1-8(7-15)14(3)12-5-4-10(9(2)16)6-11(12)13/h4-6,8,15H,7H2,1-3H3. The molecule has 0 bridgehead atoms. The van der Waals surface area contributed by atoms with Gasteiger partial charge in [-0.2, -0.15) is 0 Å². The molecule has 1 unspecified atom stereocenters. The van der Waals surface area contributed by atoms with Crippen molar-refractivity contribution >= 4 is 23.1 Å². The van der Waals surface area contributed by atoms with Crippen molar-refractivity contribution in [2.24, 2.45) is 0 Å². The Kier molecular flexibility index (Phi) is 4.33. The van der Waals surface area contributed by atoms with E-state index in [2.05, 4.69) is 0 Å². The Hall–Kier alpha value is -1.06. The molecular weight excluding hydrogens is 226 g/mol. The number of likely N-dealkylation sites (N-methyl/N-ethyl adjacent to an activating group) is 1. The average molecular weight is 242 g/mol. The van der Waals surface area contributed by atoms with Crippen LogP contribution in [0.4, 0.5) is 5.69 Å². The second-order valence-corrected chi connectivity index (χ2v) is 4.27. The molecule has 1 N–H and O–H groups in total. The summed E-state index contributed by atoms with van der Waals surface area (Å²) in [7, 11) is 1.86. The third-order valence-corrected chi connectivity index (χ3v) is 2.96. The first-order valence-electron chi connectivity index (χ1n) is 5.11. The highest BCUT2D eigenvalue weighted by Gasteiger charge is 2.13. The summed E-state index contributed by atoms with van der Waals surface area (Å²) in [5.74, 6) is -0.00805. The van der Waals surface area contributed by atoms with Crippen molar-refractivity contribution in [2.45, 2.75) is 19.9 Å². The average Bonchev–Trinajstić information content (AvgIpc) is 2.26. The van der Waals surface area contributed by atoms with Gasteiger partial charge in [0.05, 0.1) is 17.3 Å². The molecule has 0 aliphatic carbocycles. The number of aliphatic hydroxyl groups is 1. The van der Waals surface area contributed by atoms with Crippen molar-refractivity contribution in [2.75, 3.05) is 18.6 Å². The Labute approximate surface area is 101 Å². The van der Waals surface area contributed by atoms with Crippen LogP contribution in [0.25, 0.3) is 0 Å². The number of benzene rings is 1. The molecule has 0 fully saturated rings. The largest absolute Gasteiger partial charge is 0.394 e. The highest BCUT2D eigenvalue weighted by atomic mass is 35.5. The first-order chi connectivity index (χ1) is 7.47. The number of ketones is 1. The predicted molar refractivity (Wildman–Crippen MR) is 66.4 cm³/mol. The Morgan fingerprint density at radius 3 is 2.62 bits per heavy atom. The molecule has 4 heteroatoms. The second kappa shape index (κ2) is 5.32. The molecule has 1 aromatic rings. The summed E-state index contributed by atoms with van der Waals surface area (Å²) in [6.07, 6.45) is 0. The van der Waals surface area contributed by atoms with Crippen molar-refractivity contribution in [3.05, 3.63) is 28.8 Å². The third-order valence-electron chi connectivity index (χ3n) is 2.66. The summed E-state index contributed by atoms with van der Waals surface area (Å²) in [4.78, 5) is 13.0. The van der Waals surface area contributed by atoms with Crippen LogP contribution in [-0.2, 0) is 0 Å². The van der Waals surface area contributed by atoms with Crippen LogP contribution in [0.3, 0.4) is 0 Å². The molecule has 0 saturated heterocycles. The number of nitrogens with zero attached hydrogens (tertiary/aromatic N) is 1. The van der Waals surface area contributed by atoms with E-state index in [0.29, 0.717) is 10.6 Å². The van der Waals surface area contributed by atoms with Crippen LogP contribution in [0.1, 0.15) is 24.2 Å². The lowest BCUT2D eigenvalue weighted by Crippen LogP contribution is -2.32. The van der Waals surface area contributed by atoms with Crippen LogP contribution in [0.15, 0.2) is 18.2 Å². The number of carbonyl (C=O) groups is 1. The van der Waals surface area contributed by atoms with E-state index in [1.54, 1.807) is 18.2 Å². The van der Waals surface area contributed by atoms with Gasteiger partial charge in [-0.1, -0.05) is 11.6 Å². The molecule has 1 rings (SSSR count). The molecule has 0 spiro atoms. The summed E-state index contributed by atoms with van der Waals surface area (Å²) in [5.41, 5.74) is 1.41. The lowest BCUT2D eigenvalue weighted by Gasteiger charge is -2.26. The van der Waals surface area contributed by atoms with Gasteiger partial charge in [0.2, 0.25) is 0 Å². The van der Waals surface area contributed by atoms with Gasteiger partial charge in [0.15, 0.2) is 5.78 Å². The fraction of sp³-hybridized carbons (Fsp3) is 0.417. The number of rotatable bonds is 4. The second-order valence-electron chi connectivity index (χ2n) is 3.86.